The molecule has 0 unspecified atom stereocenters. The van der Waals surface area contributed by atoms with E-state index in [0.29, 0.717) is 12.0 Å². The van der Waals surface area contributed by atoms with Crippen LogP contribution in [0.25, 0.3) is 5.95 Å². The van der Waals surface area contributed by atoms with Crippen LogP contribution in [0.2, 0.25) is 0 Å². The Morgan fingerprint density at radius 3 is 2.47 bits per heavy atom. The average molecular weight is 231 g/mol. The average Bonchev–Trinajstić information content (AvgIpc) is 2.74. The quantitative estimate of drug-likeness (QED) is 0.865. The lowest BCUT2D eigenvalue weighted by atomic mass is 10.3. The molecule has 0 radical (unpaired) electrons. The maximum absolute atomic E-state index is 4.29. The van der Waals surface area contributed by atoms with Gasteiger partial charge in [-0.05, 0) is 12.5 Å². The van der Waals surface area contributed by atoms with Crippen LogP contribution in [0.5, 0.6) is 0 Å². The first-order valence-corrected chi connectivity index (χ1v) is 5.71. The minimum absolute atomic E-state index is 0.462. The standard InChI is InChI=1S/C12H17N5/c1-9(2)13-5-11-6-14-12(15-7-11)17-8-10(3)4-16-17/h4,6-9,13H,5H2,1-3H3. The molecule has 0 atom stereocenters. The summed E-state index contributed by atoms with van der Waals surface area (Å²) in [6.45, 7) is 7.00. The zero-order valence-corrected chi connectivity index (χ0v) is 10.4. The van der Waals surface area contributed by atoms with Gasteiger partial charge in [-0.2, -0.15) is 5.10 Å². The summed E-state index contributed by atoms with van der Waals surface area (Å²) in [6.07, 6.45) is 7.35. The highest BCUT2D eigenvalue weighted by atomic mass is 15.3. The van der Waals surface area contributed by atoms with Gasteiger partial charge in [0, 0.05) is 36.7 Å². The first-order chi connectivity index (χ1) is 8.15. The van der Waals surface area contributed by atoms with E-state index in [-0.39, 0.29) is 0 Å². The summed E-state index contributed by atoms with van der Waals surface area (Å²) in [5, 5.41) is 7.49. The minimum atomic E-state index is 0.462. The van der Waals surface area contributed by atoms with Crippen LogP contribution in [-0.2, 0) is 6.54 Å². The van der Waals surface area contributed by atoms with Gasteiger partial charge < -0.3 is 5.32 Å². The van der Waals surface area contributed by atoms with Crippen molar-refractivity contribution in [3.05, 3.63) is 35.9 Å². The third-order valence-corrected chi connectivity index (χ3v) is 2.32. The van der Waals surface area contributed by atoms with Gasteiger partial charge >= 0.3 is 0 Å². The fraction of sp³-hybridized carbons (Fsp3) is 0.417. The minimum Gasteiger partial charge on any atom is -0.310 e. The molecule has 5 heteroatoms. The van der Waals surface area contributed by atoms with Crippen LogP contribution in [0.4, 0.5) is 0 Å². The highest BCUT2D eigenvalue weighted by Gasteiger charge is 2.02. The van der Waals surface area contributed by atoms with E-state index in [1.165, 1.54) is 0 Å². The lowest BCUT2D eigenvalue weighted by molar-refractivity contribution is 0.586. The Morgan fingerprint density at radius 2 is 1.94 bits per heavy atom. The summed E-state index contributed by atoms with van der Waals surface area (Å²) >= 11 is 0. The number of nitrogens with zero attached hydrogens (tertiary/aromatic N) is 4. The van der Waals surface area contributed by atoms with Gasteiger partial charge in [-0.3, -0.25) is 0 Å². The Kier molecular flexibility index (Phi) is 3.49. The first kappa shape index (κ1) is 11.7. The molecule has 2 aromatic rings. The van der Waals surface area contributed by atoms with Crippen LogP contribution in [0, 0.1) is 6.92 Å². The number of rotatable bonds is 4. The summed E-state index contributed by atoms with van der Waals surface area (Å²) in [7, 11) is 0. The Bertz CT molecular complexity index is 472. The smallest absolute Gasteiger partial charge is 0.250 e. The van der Waals surface area contributed by atoms with E-state index in [1.54, 1.807) is 10.9 Å². The first-order valence-electron chi connectivity index (χ1n) is 5.71. The van der Waals surface area contributed by atoms with Crippen molar-refractivity contribution < 1.29 is 0 Å². The largest absolute Gasteiger partial charge is 0.310 e. The lowest BCUT2D eigenvalue weighted by Gasteiger charge is -2.07. The second-order valence-electron chi connectivity index (χ2n) is 4.39. The van der Waals surface area contributed by atoms with Crippen molar-refractivity contribution in [3.63, 3.8) is 0 Å². The summed E-state index contributed by atoms with van der Waals surface area (Å²) in [5.41, 5.74) is 2.17. The second-order valence-corrected chi connectivity index (χ2v) is 4.39. The predicted octanol–water partition coefficient (Wildman–Crippen LogP) is 1.47. The van der Waals surface area contributed by atoms with Gasteiger partial charge in [0.05, 0.1) is 6.20 Å². The van der Waals surface area contributed by atoms with Crippen molar-refractivity contribution in [3.8, 4) is 5.95 Å². The van der Waals surface area contributed by atoms with E-state index >= 15 is 0 Å². The molecule has 0 amide bonds. The third-order valence-electron chi connectivity index (χ3n) is 2.32. The molecule has 0 fully saturated rings. The van der Waals surface area contributed by atoms with Gasteiger partial charge in [0.1, 0.15) is 0 Å². The molecule has 0 bridgehead atoms. The van der Waals surface area contributed by atoms with Crippen molar-refractivity contribution in [2.75, 3.05) is 0 Å². The zero-order chi connectivity index (χ0) is 12.3. The van der Waals surface area contributed by atoms with E-state index in [4.69, 9.17) is 0 Å². The molecule has 1 N–H and O–H groups in total. The van der Waals surface area contributed by atoms with Crippen LogP contribution in [0.3, 0.4) is 0 Å². The van der Waals surface area contributed by atoms with Gasteiger partial charge in [0.15, 0.2) is 0 Å². The van der Waals surface area contributed by atoms with E-state index in [2.05, 4.69) is 34.2 Å². The fourth-order valence-electron chi connectivity index (χ4n) is 1.40. The van der Waals surface area contributed by atoms with Gasteiger partial charge in [0.25, 0.3) is 0 Å². The normalized spacial score (nSPS) is 11.1. The maximum atomic E-state index is 4.29. The number of nitrogens with one attached hydrogen (secondary N) is 1. The Balaban J connectivity index is 2.07. The van der Waals surface area contributed by atoms with Crippen LogP contribution in [0.1, 0.15) is 25.0 Å². The highest BCUT2D eigenvalue weighted by molar-refractivity contribution is 5.15. The maximum Gasteiger partial charge on any atom is 0.250 e. The van der Waals surface area contributed by atoms with E-state index < -0.39 is 0 Å². The van der Waals surface area contributed by atoms with Gasteiger partial charge in [-0.1, -0.05) is 13.8 Å². The molecular weight excluding hydrogens is 214 g/mol. The molecule has 5 nitrogen and oxygen atoms in total. The van der Waals surface area contributed by atoms with E-state index in [0.717, 1.165) is 17.7 Å². The van der Waals surface area contributed by atoms with Crippen molar-refractivity contribution >= 4 is 0 Å². The van der Waals surface area contributed by atoms with Gasteiger partial charge in [-0.25, -0.2) is 14.6 Å². The Hall–Kier alpha value is -1.75. The van der Waals surface area contributed by atoms with Gasteiger partial charge in [0.2, 0.25) is 5.95 Å². The number of aryl methyl sites for hydroxylation is 1. The van der Waals surface area contributed by atoms with Gasteiger partial charge in [-0.15, -0.1) is 0 Å². The molecule has 0 aliphatic heterocycles. The van der Waals surface area contributed by atoms with Crippen LogP contribution in [-0.4, -0.2) is 25.8 Å². The molecule has 0 saturated heterocycles. The summed E-state index contributed by atoms with van der Waals surface area (Å²) in [6, 6.07) is 0.462. The molecule has 0 aromatic carbocycles. The fourth-order valence-corrected chi connectivity index (χ4v) is 1.40. The molecule has 2 rings (SSSR count). The topological polar surface area (TPSA) is 55.6 Å². The number of hydrogen-bond donors (Lipinski definition) is 1. The number of hydrogen-bond acceptors (Lipinski definition) is 4. The second kappa shape index (κ2) is 5.05. The molecule has 2 aromatic heterocycles. The molecule has 0 aliphatic rings. The molecule has 0 aliphatic carbocycles. The zero-order valence-electron chi connectivity index (χ0n) is 10.4. The van der Waals surface area contributed by atoms with Crippen LogP contribution in [0.15, 0.2) is 24.8 Å². The molecule has 0 saturated carbocycles. The van der Waals surface area contributed by atoms with Crippen LogP contribution >= 0.6 is 0 Å². The third kappa shape index (κ3) is 3.10. The molecule has 2 heterocycles. The van der Waals surface area contributed by atoms with Crippen molar-refractivity contribution in [1.82, 2.24) is 25.1 Å². The van der Waals surface area contributed by atoms with Crippen molar-refractivity contribution in [1.29, 1.82) is 0 Å². The summed E-state index contributed by atoms with van der Waals surface area (Å²) < 4.78 is 1.68. The summed E-state index contributed by atoms with van der Waals surface area (Å²) in [5.74, 6) is 0.603. The molecular formula is C12H17N5. The highest BCUT2D eigenvalue weighted by Crippen LogP contribution is 2.03. The Labute approximate surface area is 101 Å². The predicted molar refractivity (Wildman–Crippen MR) is 65.9 cm³/mol. The number of aromatic nitrogens is 4. The van der Waals surface area contributed by atoms with Crippen LogP contribution < -0.4 is 5.32 Å². The van der Waals surface area contributed by atoms with Crippen molar-refractivity contribution in [2.24, 2.45) is 0 Å². The van der Waals surface area contributed by atoms with E-state index in [1.807, 2.05) is 25.5 Å². The summed E-state index contributed by atoms with van der Waals surface area (Å²) in [4.78, 5) is 8.58. The molecule has 17 heavy (non-hydrogen) atoms. The van der Waals surface area contributed by atoms with E-state index in [9.17, 15) is 0 Å². The lowest BCUT2D eigenvalue weighted by Crippen LogP contribution is -2.22. The molecule has 90 valence electrons. The molecule has 0 spiro atoms. The SMILES string of the molecule is Cc1cnn(-c2ncc(CNC(C)C)cn2)c1. The Morgan fingerprint density at radius 1 is 1.24 bits per heavy atom. The van der Waals surface area contributed by atoms with Crippen molar-refractivity contribution in [2.45, 2.75) is 33.4 Å². The monoisotopic (exact) mass is 231 g/mol.